The Labute approximate surface area is 207 Å². The summed E-state index contributed by atoms with van der Waals surface area (Å²) in [4.78, 5) is 44.6. The van der Waals surface area contributed by atoms with Gasteiger partial charge in [-0.15, -0.1) is 11.3 Å². The SMILES string of the molecule is COCCNC(=O)[C@H](c1ccc(O)cc1)N(C(=O)CCC(=O)Nc1nccs1)c1ccc(C)cc1. The van der Waals surface area contributed by atoms with Crippen LogP contribution in [0, 0.1) is 6.92 Å². The van der Waals surface area contributed by atoms with E-state index >= 15 is 0 Å². The van der Waals surface area contributed by atoms with Crippen LogP contribution in [0.25, 0.3) is 0 Å². The van der Waals surface area contributed by atoms with Crippen molar-refractivity contribution < 1.29 is 24.2 Å². The number of hydrogen-bond donors (Lipinski definition) is 3. The highest BCUT2D eigenvalue weighted by atomic mass is 32.1. The van der Waals surface area contributed by atoms with Crippen molar-refractivity contribution >= 4 is 39.9 Å². The maximum atomic E-state index is 13.5. The van der Waals surface area contributed by atoms with Gasteiger partial charge in [-0.25, -0.2) is 4.98 Å². The smallest absolute Gasteiger partial charge is 0.247 e. The van der Waals surface area contributed by atoms with Gasteiger partial charge in [0.05, 0.1) is 6.61 Å². The summed E-state index contributed by atoms with van der Waals surface area (Å²) in [6.07, 6.45) is 1.38. The number of rotatable bonds is 11. The Kier molecular flexibility index (Phi) is 9.33. The molecule has 1 heterocycles. The van der Waals surface area contributed by atoms with Crippen LogP contribution in [0.15, 0.2) is 60.1 Å². The molecule has 0 spiro atoms. The molecule has 1 aromatic heterocycles. The lowest BCUT2D eigenvalue weighted by molar-refractivity contribution is -0.127. The number of carbonyl (C=O) groups excluding carboxylic acids is 3. The second kappa shape index (κ2) is 12.6. The zero-order valence-corrected chi connectivity index (χ0v) is 20.4. The summed E-state index contributed by atoms with van der Waals surface area (Å²) >= 11 is 1.28. The van der Waals surface area contributed by atoms with E-state index in [1.54, 1.807) is 35.8 Å². The average molecular weight is 497 g/mol. The van der Waals surface area contributed by atoms with E-state index in [4.69, 9.17) is 4.74 Å². The number of anilines is 2. The number of nitrogens with zero attached hydrogens (tertiary/aromatic N) is 2. The van der Waals surface area contributed by atoms with Gasteiger partial charge in [0.25, 0.3) is 0 Å². The fourth-order valence-electron chi connectivity index (χ4n) is 3.40. The second-order valence-electron chi connectivity index (χ2n) is 7.76. The average Bonchev–Trinajstić information content (AvgIpc) is 3.35. The topological polar surface area (TPSA) is 121 Å². The van der Waals surface area contributed by atoms with Crippen molar-refractivity contribution in [2.45, 2.75) is 25.8 Å². The predicted octanol–water partition coefficient (Wildman–Crippen LogP) is 3.41. The van der Waals surface area contributed by atoms with Gasteiger partial charge in [0.1, 0.15) is 11.8 Å². The minimum Gasteiger partial charge on any atom is -0.508 e. The van der Waals surface area contributed by atoms with Crippen LogP contribution in [-0.4, -0.2) is 48.1 Å². The fourth-order valence-corrected chi connectivity index (χ4v) is 3.94. The van der Waals surface area contributed by atoms with Gasteiger partial charge in [0.15, 0.2) is 5.13 Å². The molecule has 0 aliphatic carbocycles. The van der Waals surface area contributed by atoms with E-state index in [1.807, 2.05) is 19.1 Å². The van der Waals surface area contributed by atoms with E-state index in [9.17, 15) is 19.5 Å². The number of benzene rings is 2. The Balaban J connectivity index is 1.90. The molecule has 0 bridgehead atoms. The Morgan fingerprint density at radius 1 is 1.09 bits per heavy atom. The molecular formula is C25H28N4O5S. The normalized spacial score (nSPS) is 11.5. The Morgan fingerprint density at radius 3 is 2.43 bits per heavy atom. The number of aryl methyl sites for hydroxylation is 1. The summed E-state index contributed by atoms with van der Waals surface area (Å²) < 4.78 is 5.03. The molecule has 184 valence electrons. The van der Waals surface area contributed by atoms with Crippen LogP contribution in [0.5, 0.6) is 5.75 Å². The lowest BCUT2D eigenvalue weighted by Gasteiger charge is -2.31. The molecule has 0 saturated carbocycles. The highest BCUT2D eigenvalue weighted by Gasteiger charge is 2.32. The van der Waals surface area contributed by atoms with Gasteiger partial charge >= 0.3 is 0 Å². The number of thiazole rings is 1. The van der Waals surface area contributed by atoms with Crippen molar-refractivity contribution in [3.05, 3.63) is 71.2 Å². The molecule has 35 heavy (non-hydrogen) atoms. The molecule has 0 aliphatic rings. The lowest BCUT2D eigenvalue weighted by atomic mass is 10.0. The van der Waals surface area contributed by atoms with Crippen molar-refractivity contribution in [3.63, 3.8) is 0 Å². The summed E-state index contributed by atoms with van der Waals surface area (Å²) in [7, 11) is 1.53. The summed E-state index contributed by atoms with van der Waals surface area (Å²) in [5, 5.41) is 17.4. The lowest BCUT2D eigenvalue weighted by Crippen LogP contribution is -2.45. The molecule has 0 aliphatic heterocycles. The van der Waals surface area contributed by atoms with Crippen LogP contribution in [-0.2, 0) is 19.1 Å². The highest BCUT2D eigenvalue weighted by molar-refractivity contribution is 7.13. The number of hydrogen-bond acceptors (Lipinski definition) is 7. The zero-order chi connectivity index (χ0) is 25.2. The van der Waals surface area contributed by atoms with Crippen LogP contribution < -0.4 is 15.5 Å². The second-order valence-corrected chi connectivity index (χ2v) is 8.66. The van der Waals surface area contributed by atoms with Gasteiger partial charge in [-0.1, -0.05) is 29.8 Å². The number of amides is 3. The van der Waals surface area contributed by atoms with Gasteiger partial charge < -0.3 is 20.5 Å². The minimum absolute atomic E-state index is 0.0411. The highest BCUT2D eigenvalue weighted by Crippen LogP contribution is 2.30. The van der Waals surface area contributed by atoms with E-state index in [1.165, 1.54) is 35.5 Å². The Hall–Kier alpha value is -3.76. The fraction of sp³-hybridized carbons (Fsp3) is 0.280. The number of methoxy groups -OCH3 is 1. The minimum atomic E-state index is -1.02. The molecule has 0 saturated heterocycles. The first kappa shape index (κ1) is 25.9. The van der Waals surface area contributed by atoms with E-state index in [-0.39, 0.29) is 31.0 Å². The van der Waals surface area contributed by atoms with Gasteiger partial charge in [-0.2, -0.15) is 0 Å². The van der Waals surface area contributed by atoms with Crippen molar-refractivity contribution in [1.29, 1.82) is 0 Å². The number of phenols is 1. The molecule has 3 amide bonds. The van der Waals surface area contributed by atoms with Gasteiger partial charge in [-0.05, 0) is 36.8 Å². The first-order chi connectivity index (χ1) is 16.9. The number of carbonyl (C=O) groups is 3. The van der Waals surface area contributed by atoms with E-state index in [0.717, 1.165) is 5.56 Å². The molecule has 0 fully saturated rings. The third kappa shape index (κ3) is 7.36. The van der Waals surface area contributed by atoms with Crippen LogP contribution in [0.4, 0.5) is 10.8 Å². The predicted molar refractivity (Wildman–Crippen MR) is 134 cm³/mol. The number of aromatic nitrogens is 1. The first-order valence-corrected chi connectivity index (χ1v) is 11.9. The number of phenolic OH excluding ortho intramolecular Hbond substituents is 1. The van der Waals surface area contributed by atoms with Crippen LogP contribution >= 0.6 is 11.3 Å². The molecule has 10 heteroatoms. The summed E-state index contributed by atoms with van der Waals surface area (Å²) in [5.74, 6) is -1.11. The molecule has 9 nitrogen and oxygen atoms in total. The van der Waals surface area contributed by atoms with Crippen molar-refractivity contribution in [1.82, 2.24) is 10.3 Å². The van der Waals surface area contributed by atoms with Crippen LogP contribution in [0.1, 0.15) is 30.0 Å². The van der Waals surface area contributed by atoms with Crippen molar-refractivity contribution in [3.8, 4) is 5.75 Å². The summed E-state index contributed by atoms with van der Waals surface area (Å²) in [5.41, 5.74) is 2.02. The van der Waals surface area contributed by atoms with Crippen LogP contribution in [0.2, 0.25) is 0 Å². The largest absolute Gasteiger partial charge is 0.508 e. The van der Waals surface area contributed by atoms with Crippen molar-refractivity contribution in [2.75, 3.05) is 30.5 Å². The maximum Gasteiger partial charge on any atom is 0.247 e. The molecule has 3 rings (SSSR count). The van der Waals surface area contributed by atoms with E-state index in [0.29, 0.717) is 23.0 Å². The number of ether oxygens (including phenoxy) is 1. The third-order valence-corrected chi connectivity index (χ3v) is 5.83. The molecule has 3 N–H and O–H groups in total. The monoisotopic (exact) mass is 496 g/mol. The van der Waals surface area contributed by atoms with Crippen molar-refractivity contribution in [2.24, 2.45) is 0 Å². The van der Waals surface area contributed by atoms with Gasteiger partial charge in [0, 0.05) is 43.8 Å². The standard InChI is InChI=1S/C25H28N4O5S/c1-17-3-7-19(8-4-17)29(22(32)12-11-21(31)28-25-27-14-16-35-25)23(24(33)26-13-15-34-2)18-5-9-20(30)10-6-18/h3-10,14,16,23,30H,11-13,15H2,1-2H3,(H,26,33)(H,27,28,31)/t23-/m0/s1. The molecule has 0 unspecified atom stereocenters. The zero-order valence-electron chi connectivity index (χ0n) is 19.6. The number of aromatic hydroxyl groups is 1. The first-order valence-electron chi connectivity index (χ1n) is 11.0. The van der Waals surface area contributed by atoms with E-state index in [2.05, 4.69) is 15.6 Å². The Morgan fingerprint density at radius 2 is 1.80 bits per heavy atom. The molecule has 2 aromatic carbocycles. The summed E-state index contributed by atoms with van der Waals surface area (Å²) in [6.45, 7) is 2.49. The molecule has 0 radical (unpaired) electrons. The maximum absolute atomic E-state index is 13.5. The number of nitrogens with one attached hydrogen (secondary N) is 2. The van der Waals surface area contributed by atoms with Crippen LogP contribution in [0.3, 0.4) is 0 Å². The Bertz CT molecular complexity index is 1120. The molecule has 3 aromatic rings. The van der Waals surface area contributed by atoms with Gasteiger partial charge in [0.2, 0.25) is 17.7 Å². The third-order valence-electron chi connectivity index (χ3n) is 5.15. The van der Waals surface area contributed by atoms with E-state index < -0.39 is 17.9 Å². The quantitative estimate of drug-likeness (QED) is 0.350. The summed E-state index contributed by atoms with van der Waals surface area (Å²) in [6, 6.07) is 12.3. The molecule has 1 atom stereocenters. The van der Waals surface area contributed by atoms with Gasteiger partial charge in [-0.3, -0.25) is 19.3 Å². The molecular weight excluding hydrogens is 468 g/mol.